The fraction of sp³-hybridized carbons (Fsp3) is 1.00. The molecule has 1 nitrogen and oxygen atoms in total. The molecule has 0 spiro atoms. The number of hydrogen-bond donors (Lipinski definition) is 0. The second-order valence-corrected chi connectivity index (χ2v) is 4.42. The lowest BCUT2D eigenvalue weighted by Gasteiger charge is -2.23. The molecule has 1 rings (SSSR count). The van der Waals surface area contributed by atoms with Crippen molar-refractivity contribution in [3.63, 3.8) is 0 Å². The van der Waals surface area contributed by atoms with Crippen LogP contribution in [0.25, 0.3) is 0 Å². The molecule has 1 fully saturated rings. The first kappa shape index (κ1) is 8.14. The minimum absolute atomic E-state index is 1.27. The fourth-order valence-electron chi connectivity index (χ4n) is 0.919. The van der Waals surface area contributed by atoms with Crippen LogP contribution in [0, 0.1) is 0 Å². The number of alkyl halides is 1. The molecule has 0 N–H and O–H groups in total. The van der Waals surface area contributed by atoms with E-state index in [4.69, 9.17) is 0 Å². The van der Waals surface area contributed by atoms with Crippen molar-refractivity contribution in [1.82, 2.24) is 4.31 Å². The molecule has 0 aromatic heterocycles. The van der Waals surface area contributed by atoms with E-state index in [1.807, 2.05) is 11.9 Å². The van der Waals surface area contributed by atoms with Crippen molar-refractivity contribution >= 4 is 34.5 Å². The second kappa shape index (κ2) is 4.79. The maximum Gasteiger partial charge on any atom is 0.0179 e. The molecule has 9 heavy (non-hydrogen) atoms. The van der Waals surface area contributed by atoms with Crippen LogP contribution >= 0.6 is 34.5 Å². The van der Waals surface area contributed by atoms with Crippen LogP contribution in [0.3, 0.4) is 0 Å². The monoisotopic (exact) mass is 257 g/mol. The molecular weight excluding hydrogens is 245 g/mol. The van der Waals surface area contributed by atoms with Crippen LogP contribution in [0.5, 0.6) is 0 Å². The van der Waals surface area contributed by atoms with Gasteiger partial charge in [-0.25, -0.2) is 4.31 Å². The van der Waals surface area contributed by atoms with Gasteiger partial charge < -0.3 is 0 Å². The quantitative estimate of drug-likeness (QED) is 0.423. The van der Waals surface area contributed by atoms with E-state index < -0.39 is 0 Å². The Balaban J connectivity index is 2.08. The third kappa shape index (κ3) is 3.09. The molecule has 0 aromatic rings. The van der Waals surface area contributed by atoms with Gasteiger partial charge in [-0.05, 0) is 12.8 Å². The second-order valence-electron chi connectivity index (χ2n) is 2.16. The summed E-state index contributed by atoms with van der Waals surface area (Å²) in [7, 11) is 0. The summed E-state index contributed by atoms with van der Waals surface area (Å²) in [6.45, 7) is 2.58. The van der Waals surface area contributed by atoms with Crippen LogP contribution in [0.15, 0.2) is 0 Å². The lowest BCUT2D eigenvalue weighted by molar-refractivity contribution is 0.467. The number of nitrogens with zero attached hydrogens (tertiary/aromatic N) is 1. The van der Waals surface area contributed by atoms with Crippen molar-refractivity contribution in [1.29, 1.82) is 0 Å². The first-order valence-electron chi connectivity index (χ1n) is 3.37. The summed E-state index contributed by atoms with van der Waals surface area (Å²) in [5, 5.41) is 0. The molecule has 0 aromatic carbocycles. The zero-order chi connectivity index (χ0) is 6.53. The summed E-state index contributed by atoms with van der Waals surface area (Å²) in [4.78, 5) is 0. The van der Waals surface area contributed by atoms with Crippen LogP contribution in [-0.2, 0) is 0 Å². The molecule has 3 heteroatoms. The van der Waals surface area contributed by atoms with Crippen LogP contribution in [0.2, 0.25) is 0 Å². The van der Waals surface area contributed by atoms with Gasteiger partial charge in [0.2, 0.25) is 0 Å². The smallest absolute Gasteiger partial charge is 0.0179 e. The fourth-order valence-corrected chi connectivity index (χ4v) is 2.90. The number of hydrogen-bond acceptors (Lipinski definition) is 2. The van der Waals surface area contributed by atoms with E-state index in [0.29, 0.717) is 0 Å². The van der Waals surface area contributed by atoms with Gasteiger partial charge in [-0.2, -0.15) is 0 Å². The molecule has 1 aliphatic heterocycles. The lowest BCUT2D eigenvalue weighted by atomic mass is 10.3. The Kier molecular flexibility index (Phi) is 4.34. The topological polar surface area (TPSA) is 3.24 Å². The van der Waals surface area contributed by atoms with E-state index in [9.17, 15) is 0 Å². The number of halogens is 1. The zero-order valence-electron chi connectivity index (χ0n) is 5.48. The maximum atomic E-state index is 2.48. The molecule has 0 radical (unpaired) electrons. The Hall–Kier alpha value is 1.04. The molecule has 0 bridgehead atoms. The van der Waals surface area contributed by atoms with Crippen molar-refractivity contribution in [2.75, 3.05) is 23.3 Å². The van der Waals surface area contributed by atoms with Gasteiger partial charge in [-0.15, -0.1) is 0 Å². The van der Waals surface area contributed by atoms with Gasteiger partial charge in [0.1, 0.15) is 0 Å². The summed E-state index contributed by atoms with van der Waals surface area (Å²) in [6.07, 6.45) is 2.83. The van der Waals surface area contributed by atoms with E-state index in [1.165, 1.54) is 36.1 Å². The lowest BCUT2D eigenvalue weighted by Crippen LogP contribution is -2.23. The molecule has 0 aliphatic carbocycles. The molecule has 0 atom stereocenters. The first-order valence-corrected chi connectivity index (χ1v) is 5.84. The summed E-state index contributed by atoms with van der Waals surface area (Å²) < 4.78 is 3.75. The molecular formula is C6H12INS. The van der Waals surface area contributed by atoms with E-state index in [-0.39, 0.29) is 0 Å². The van der Waals surface area contributed by atoms with Crippen LogP contribution in [0.4, 0.5) is 0 Å². The average molecular weight is 257 g/mol. The maximum absolute atomic E-state index is 2.48. The molecule has 0 saturated carbocycles. The van der Waals surface area contributed by atoms with Crippen LogP contribution in [0.1, 0.15) is 12.8 Å². The Morgan fingerprint density at radius 2 is 2.33 bits per heavy atom. The summed E-state index contributed by atoms with van der Waals surface area (Å²) in [5.41, 5.74) is 0. The van der Waals surface area contributed by atoms with Gasteiger partial charge in [0, 0.05) is 23.3 Å². The van der Waals surface area contributed by atoms with Crippen molar-refractivity contribution in [3.05, 3.63) is 0 Å². The van der Waals surface area contributed by atoms with Crippen molar-refractivity contribution in [3.8, 4) is 0 Å². The molecule has 1 heterocycles. The van der Waals surface area contributed by atoms with Gasteiger partial charge in [0.05, 0.1) is 0 Å². The first-order chi connectivity index (χ1) is 4.43. The molecule has 0 amide bonds. The van der Waals surface area contributed by atoms with Crippen molar-refractivity contribution < 1.29 is 0 Å². The predicted octanol–water partition coefficient (Wildman–Crippen LogP) is 2.17. The summed E-state index contributed by atoms with van der Waals surface area (Å²) in [5.74, 6) is 1.34. The highest BCUT2D eigenvalue weighted by Crippen LogP contribution is 2.18. The minimum atomic E-state index is 1.27. The van der Waals surface area contributed by atoms with Gasteiger partial charge in [-0.3, -0.25) is 0 Å². The molecule has 1 aliphatic rings. The van der Waals surface area contributed by atoms with E-state index in [1.54, 1.807) is 0 Å². The standard InChI is InChI=1S/C6H12INS/c7-3-5-8-4-1-2-6-9-8/h1-6H2. The molecule has 1 saturated heterocycles. The Labute approximate surface area is 74.8 Å². The highest BCUT2D eigenvalue weighted by Gasteiger charge is 2.08. The predicted molar refractivity (Wildman–Crippen MR) is 52.2 cm³/mol. The zero-order valence-corrected chi connectivity index (χ0v) is 8.45. The molecule has 0 unspecified atom stereocenters. The Morgan fingerprint density at radius 3 is 2.89 bits per heavy atom. The van der Waals surface area contributed by atoms with Crippen LogP contribution in [-0.4, -0.2) is 27.6 Å². The third-order valence-electron chi connectivity index (χ3n) is 1.41. The summed E-state index contributed by atoms with van der Waals surface area (Å²) >= 11 is 4.45. The summed E-state index contributed by atoms with van der Waals surface area (Å²) in [6, 6.07) is 0. The molecule has 54 valence electrons. The largest absolute Gasteiger partial charge is 0.250 e. The van der Waals surface area contributed by atoms with Crippen molar-refractivity contribution in [2.24, 2.45) is 0 Å². The van der Waals surface area contributed by atoms with E-state index in [0.717, 1.165) is 0 Å². The number of rotatable bonds is 2. The third-order valence-corrected chi connectivity index (χ3v) is 3.09. The van der Waals surface area contributed by atoms with Gasteiger partial charge in [-0.1, -0.05) is 34.5 Å². The van der Waals surface area contributed by atoms with Crippen LogP contribution < -0.4 is 0 Å². The average Bonchev–Trinajstić information content (AvgIpc) is 1.91. The van der Waals surface area contributed by atoms with Gasteiger partial charge in [0.15, 0.2) is 0 Å². The SMILES string of the molecule is ICCN1CCCCS1. The highest BCUT2D eigenvalue weighted by molar-refractivity contribution is 14.1. The normalized spacial score (nSPS) is 22.3. The van der Waals surface area contributed by atoms with Gasteiger partial charge >= 0.3 is 0 Å². The van der Waals surface area contributed by atoms with Gasteiger partial charge in [0.25, 0.3) is 0 Å². The Morgan fingerprint density at radius 1 is 1.44 bits per heavy atom. The Bertz CT molecular complexity index is 70.7. The van der Waals surface area contributed by atoms with Crippen molar-refractivity contribution in [2.45, 2.75) is 12.8 Å². The minimum Gasteiger partial charge on any atom is -0.250 e. The highest BCUT2D eigenvalue weighted by atomic mass is 127. The van der Waals surface area contributed by atoms with E-state index in [2.05, 4.69) is 26.9 Å². The van der Waals surface area contributed by atoms with E-state index >= 15 is 0 Å².